The molecule has 2 heterocycles. The first-order chi connectivity index (χ1) is 18.4. The molecular formula is C27H33FN6O4S. The average Bonchev–Trinajstić information content (AvgIpc) is 2.89. The molecule has 2 aromatic carbocycles. The van der Waals surface area contributed by atoms with Crippen LogP contribution in [-0.2, 0) is 14.8 Å². The normalized spacial score (nSPS) is 14.8. The van der Waals surface area contributed by atoms with Crippen LogP contribution in [0.3, 0.4) is 0 Å². The fourth-order valence-corrected chi connectivity index (χ4v) is 5.53. The van der Waals surface area contributed by atoms with Crippen LogP contribution in [0.15, 0.2) is 65.7 Å². The van der Waals surface area contributed by atoms with E-state index in [4.69, 9.17) is 4.74 Å². The second-order valence-electron chi connectivity index (χ2n) is 10.3. The summed E-state index contributed by atoms with van der Waals surface area (Å²) >= 11 is 0. The van der Waals surface area contributed by atoms with Crippen molar-refractivity contribution < 1.29 is 22.3 Å². The van der Waals surface area contributed by atoms with Crippen LogP contribution in [0, 0.1) is 5.82 Å². The summed E-state index contributed by atoms with van der Waals surface area (Å²) in [6.45, 7) is 6.30. The molecule has 0 atom stereocenters. The first-order valence-corrected chi connectivity index (χ1v) is 14.0. The van der Waals surface area contributed by atoms with Gasteiger partial charge in [-0.3, -0.25) is 0 Å². The molecule has 1 saturated heterocycles. The van der Waals surface area contributed by atoms with Gasteiger partial charge in [0.2, 0.25) is 16.0 Å². The molecule has 12 heteroatoms. The lowest BCUT2D eigenvalue weighted by molar-refractivity contribution is 0.0183. The van der Waals surface area contributed by atoms with Gasteiger partial charge in [0.15, 0.2) is 0 Å². The predicted octanol–water partition coefficient (Wildman–Crippen LogP) is 5.12. The molecule has 2 N–H and O–H groups in total. The number of amides is 1. The van der Waals surface area contributed by atoms with E-state index in [0.29, 0.717) is 49.1 Å². The van der Waals surface area contributed by atoms with Gasteiger partial charge in [-0.2, -0.15) is 9.29 Å². The van der Waals surface area contributed by atoms with Gasteiger partial charge in [0.1, 0.15) is 17.2 Å². The number of piperidine rings is 1. The van der Waals surface area contributed by atoms with E-state index in [1.54, 1.807) is 48.5 Å². The number of hydrogen-bond donors (Lipinski definition) is 2. The number of anilines is 4. The van der Waals surface area contributed by atoms with Crippen molar-refractivity contribution in [2.45, 2.75) is 50.2 Å². The van der Waals surface area contributed by atoms with E-state index < -0.39 is 15.6 Å². The zero-order chi connectivity index (χ0) is 28.2. The molecule has 10 nitrogen and oxygen atoms in total. The van der Waals surface area contributed by atoms with Gasteiger partial charge in [-0.15, -0.1) is 0 Å². The number of nitrogens with one attached hydrogen (secondary N) is 2. The summed E-state index contributed by atoms with van der Waals surface area (Å²) in [6, 6.07) is 13.7. The Labute approximate surface area is 228 Å². The summed E-state index contributed by atoms with van der Waals surface area (Å²) in [6.07, 6.45) is 2.24. The first kappa shape index (κ1) is 28.2. The highest BCUT2D eigenvalue weighted by Crippen LogP contribution is 2.25. The second-order valence-corrected chi connectivity index (χ2v) is 12.3. The molecule has 4 rings (SSSR count). The summed E-state index contributed by atoms with van der Waals surface area (Å²) < 4.78 is 46.5. The standard InChI is InChI=1S/C27H33FN6O4S/c1-27(2,3)38-26(35)34-17-14-22(15-18-34)33(4)39(36,37)23-11-9-21(10-12-23)31-25-29-16-13-24(32-25)30-20-7-5-19(28)6-8-20/h5-13,16,22H,14-15,17-18H2,1-4H3,(H2,29,30,31,32). The SMILES string of the molecule is CN(C1CCN(C(=O)OC(C)(C)C)CC1)S(=O)(=O)c1ccc(Nc2nccc(Nc3ccc(F)cc3)n2)cc1. The lowest BCUT2D eigenvalue weighted by Crippen LogP contribution is -2.48. The Balaban J connectivity index is 1.36. The van der Waals surface area contributed by atoms with Crippen molar-refractivity contribution >= 4 is 39.3 Å². The Hall–Kier alpha value is -3.77. The molecule has 1 aromatic heterocycles. The zero-order valence-electron chi connectivity index (χ0n) is 22.4. The van der Waals surface area contributed by atoms with Crippen molar-refractivity contribution in [3.8, 4) is 0 Å². The highest BCUT2D eigenvalue weighted by molar-refractivity contribution is 7.89. The number of carbonyl (C=O) groups excluding carboxylic acids is 1. The van der Waals surface area contributed by atoms with Gasteiger partial charge in [0.25, 0.3) is 0 Å². The van der Waals surface area contributed by atoms with Gasteiger partial charge in [0, 0.05) is 43.8 Å². The number of carbonyl (C=O) groups is 1. The van der Waals surface area contributed by atoms with Crippen LogP contribution >= 0.6 is 0 Å². The number of ether oxygens (including phenoxy) is 1. The monoisotopic (exact) mass is 556 g/mol. The van der Waals surface area contributed by atoms with Gasteiger partial charge in [-0.05, 0) is 88.2 Å². The number of halogens is 1. The van der Waals surface area contributed by atoms with Crippen molar-refractivity contribution in [3.05, 3.63) is 66.6 Å². The van der Waals surface area contributed by atoms with E-state index in [2.05, 4.69) is 20.6 Å². The van der Waals surface area contributed by atoms with Crippen LogP contribution in [0.2, 0.25) is 0 Å². The molecule has 1 amide bonds. The number of nitrogens with zero attached hydrogens (tertiary/aromatic N) is 4. The van der Waals surface area contributed by atoms with E-state index in [9.17, 15) is 17.6 Å². The maximum atomic E-state index is 13.3. The summed E-state index contributed by atoms with van der Waals surface area (Å²) in [5.74, 6) is 0.495. The van der Waals surface area contributed by atoms with Crippen molar-refractivity contribution in [2.75, 3.05) is 30.8 Å². The molecule has 0 saturated carbocycles. The topological polar surface area (TPSA) is 117 Å². The van der Waals surface area contributed by atoms with Crippen molar-refractivity contribution in [1.29, 1.82) is 0 Å². The van der Waals surface area contributed by atoms with Crippen LogP contribution in [0.5, 0.6) is 0 Å². The molecule has 1 aliphatic rings. The minimum atomic E-state index is -3.74. The number of rotatable bonds is 7. The number of hydrogen-bond acceptors (Lipinski definition) is 8. The smallest absolute Gasteiger partial charge is 0.410 e. The number of likely N-dealkylation sites (tertiary alicyclic amines) is 1. The Morgan fingerprint density at radius 3 is 2.21 bits per heavy atom. The van der Waals surface area contributed by atoms with Gasteiger partial charge in [-0.1, -0.05) is 0 Å². The Kier molecular flexibility index (Phi) is 8.36. The van der Waals surface area contributed by atoms with Gasteiger partial charge >= 0.3 is 6.09 Å². The average molecular weight is 557 g/mol. The number of benzene rings is 2. The fourth-order valence-electron chi connectivity index (χ4n) is 4.11. The molecule has 39 heavy (non-hydrogen) atoms. The Morgan fingerprint density at radius 2 is 1.59 bits per heavy atom. The zero-order valence-corrected chi connectivity index (χ0v) is 23.2. The Bertz CT molecular complexity index is 1390. The van der Waals surface area contributed by atoms with Crippen LogP contribution in [0.4, 0.5) is 32.3 Å². The molecule has 1 aliphatic heterocycles. The second kappa shape index (κ2) is 11.5. The molecule has 0 spiro atoms. The minimum Gasteiger partial charge on any atom is -0.444 e. The molecule has 1 fully saturated rings. The van der Waals surface area contributed by atoms with E-state index in [1.165, 1.54) is 28.6 Å². The lowest BCUT2D eigenvalue weighted by atomic mass is 10.1. The third-order valence-corrected chi connectivity index (χ3v) is 8.11. The highest BCUT2D eigenvalue weighted by Gasteiger charge is 2.33. The molecular weight excluding hydrogens is 523 g/mol. The van der Waals surface area contributed by atoms with Crippen LogP contribution in [-0.4, -0.2) is 65.5 Å². The molecule has 3 aromatic rings. The van der Waals surface area contributed by atoms with Gasteiger partial charge in [-0.25, -0.2) is 22.6 Å². The van der Waals surface area contributed by atoms with Crippen LogP contribution < -0.4 is 10.6 Å². The predicted molar refractivity (Wildman–Crippen MR) is 147 cm³/mol. The summed E-state index contributed by atoms with van der Waals surface area (Å²) in [4.78, 5) is 22.7. The minimum absolute atomic E-state index is 0.165. The van der Waals surface area contributed by atoms with Gasteiger partial charge < -0.3 is 20.3 Å². The molecule has 0 bridgehead atoms. The quantitative estimate of drug-likeness (QED) is 0.412. The molecule has 0 aliphatic carbocycles. The summed E-state index contributed by atoms with van der Waals surface area (Å²) in [5.41, 5.74) is 0.710. The number of sulfonamides is 1. The first-order valence-electron chi connectivity index (χ1n) is 12.6. The van der Waals surface area contributed by atoms with Crippen LogP contribution in [0.25, 0.3) is 0 Å². The van der Waals surface area contributed by atoms with Crippen molar-refractivity contribution in [1.82, 2.24) is 19.2 Å². The summed E-state index contributed by atoms with van der Waals surface area (Å²) in [7, 11) is -2.16. The molecule has 0 radical (unpaired) electrons. The highest BCUT2D eigenvalue weighted by atomic mass is 32.2. The van der Waals surface area contributed by atoms with E-state index in [0.717, 1.165) is 0 Å². The van der Waals surface area contributed by atoms with E-state index in [1.807, 2.05) is 20.8 Å². The largest absolute Gasteiger partial charge is 0.444 e. The molecule has 0 unspecified atom stereocenters. The van der Waals surface area contributed by atoms with Crippen molar-refractivity contribution in [2.24, 2.45) is 0 Å². The van der Waals surface area contributed by atoms with Crippen LogP contribution in [0.1, 0.15) is 33.6 Å². The molecule has 208 valence electrons. The maximum absolute atomic E-state index is 13.3. The third-order valence-electron chi connectivity index (χ3n) is 6.19. The maximum Gasteiger partial charge on any atom is 0.410 e. The number of aromatic nitrogens is 2. The third kappa shape index (κ3) is 7.42. The fraction of sp³-hybridized carbons (Fsp3) is 0.370. The lowest BCUT2D eigenvalue weighted by Gasteiger charge is -2.36. The van der Waals surface area contributed by atoms with Gasteiger partial charge in [0.05, 0.1) is 4.90 Å². The van der Waals surface area contributed by atoms with Crippen molar-refractivity contribution in [3.63, 3.8) is 0 Å². The van der Waals surface area contributed by atoms with E-state index >= 15 is 0 Å². The summed E-state index contributed by atoms with van der Waals surface area (Å²) in [5, 5.41) is 6.14. The Morgan fingerprint density at radius 1 is 1.00 bits per heavy atom. The van der Waals surface area contributed by atoms with E-state index in [-0.39, 0.29) is 22.8 Å².